The Morgan fingerprint density at radius 2 is 2.04 bits per heavy atom. The molecule has 3 rings (SSSR count). The zero-order valence-corrected chi connectivity index (χ0v) is 14.7. The van der Waals surface area contributed by atoms with Crippen LogP contribution >= 0.6 is 11.3 Å². The third-order valence-corrected chi connectivity index (χ3v) is 5.00. The number of thiazole rings is 1. The van der Waals surface area contributed by atoms with Crippen molar-refractivity contribution in [1.82, 2.24) is 10.3 Å². The molecule has 2 aromatic heterocycles. The molecule has 0 aliphatic heterocycles. The minimum Gasteiger partial charge on any atom is -0.480 e. The quantitative estimate of drug-likeness (QED) is 0.696. The van der Waals surface area contributed by atoms with Gasteiger partial charge in [0.2, 0.25) is 0 Å². The zero-order chi connectivity index (χ0) is 18.0. The lowest BCUT2D eigenvalue weighted by Gasteiger charge is -2.25. The highest BCUT2D eigenvalue weighted by Gasteiger charge is 2.34. The summed E-state index contributed by atoms with van der Waals surface area (Å²) >= 11 is 1.47. The number of carboxylic acid groups (broad SMARTS) is 1. The first kappa shape index (κ1) is 17.2. The van der Waals surface area contributed by atoms with E-state index in [0.717, 1.165) is 10.2 Å². The summed E-state index contributed by atoms with van der Waals surface area (Å²) in [5, 5.41) is 12.6. The van der Waals surface area contributed by atoms with Gasteiger partial charge in [0, 0.05) is 0 Å². The fourth-order valence-corrected chi connectivity index (χ4v) is 3.51. The summed E-state index contributed by atoms with van der Waals surface area (Å²) in [4.78, 5) is 28.3. The molecule has 0 saturated heterocycles. The maximum Gasteiger partial charge on any atom is 0.329 e. The Bertz CT molecular complexity index is 897. The number of nitrogens with one attached hydrogen (secondary N) is 1. The van der Waals surface area contributed by atoms with E-state index >= 15 is 0 Å². The maximum absolute atomic E-state index is 12.4. The first-order chi connectivity index (χ1) is 11.9. The van der Waals surface area contributed by atoms with E-state index in [1.54, 1.807) is 6.07 Å². The molecule has 25 heavy (non-hydrogen) atoms. The summed E-state index contributed by atoms with van der Waals surface area (Å²) < 4.78 is 6.64. The number of nitrogens with zero attached hydrogens (tertiary/aromatic N) is 1. The van der Waals surface area contributed by atoms with Crippen molar-refractivity contribution in [2.24, 2.45) is 0 Å². The molecule has 1 aromatic carbocycles. The second kappa shape index (κ2) is 6.68. The number of benzene rings is 1. The molecule has 1 amide bonds. The van der Waals surface area contributed by atoms with Gasteiger partial charge in [-0.3, -0.25) is 4.79 Å². The van der Waals surface area contributed by atoms with E-state index in [1.165, 1.54) is 24.3 Å². The van der Waals surface area contributed by atoms with Gasteiger partial charge in [-0.25, -0.2) is 9.78 Å². The molecule has 1 unspecified atom stereocenters. The molecule has 0 aliphatic carbocycles. The minimum atomic E-state index is -1.32. The number of fused-ring (bicyclic) bond motifs is 1. The monoisotopic (exact) mass is 358 g/mol. The highest BCUT2D eigenvalue weighted by Crippen LogP contribution is 2.31. The summed E-state index contributed by atoms with van der Waals surface area (Å²) in [5.74, 6) is -1.07. The Hall–Kier alpha value is -2.67. The highest BCUT2D eigenvalue weighted by molar-refractivity contribution is 7.21. The van der Waals surface area contributed by atoms with Gasteiger partial charge in [0.15, 0.2) is 16.5 Å². The van der Waals surface area contributed by atoms with Crippen molar-refractivity contribution in [3.05, 3.63) is 42.2 Å². The van der Waals surface area contributed by atoms with Gasteiger partial charge in [0.25, 0.3) is 5.91 Å². The second-order valence-electron chi connectivity index (χ2n) is 5.99. The van der Waals surface area contributed by atoms with Gasteiger partial charge < -0.3 is 14.8 Å². The Kier molecular flexibility index (Phi) is 4.59. The topological polar surface area (TPSA) is 92.4 Å². The first-order valence-electron chi connectivity index (χ1n) is 7.94. The maximum atomic E-state index is 12.4. The summed E-state index contributed by atoms with van der Waals surface area (Å²) in [7, 11) is 0. The van der Waals surface area contributed by atoms with Crippen molar-refractivity contribution < 1.29 is 19.1 Å². The number of amides is 1. The summed E-state index contributed by atoms with van der Waals surface area (Å²) in [6.45, 7) is 3.36. The lowest BCUT2D eigenvalue weighted by atomic mass is 9.96. The molecule has 7 heteroatoms. The summed E-state index contributed by atoms with van der Waals surface area (Å²) in [5.41, 5.74) is -0.458. The number of carboxylic acids is 1. The SMILES string of the molecule is CCCC(C)(NC(=O)c1ccc(-c2nc3ccccc3s2)o1)C(=O)O. The Morgan fingerprint density at radius 1 is 1.28 bits per heavy atom. The second-order valence-corrected chi connectivity index (χ2v) is 7.02. The summed E-state index contributed by atoms with van der Waals surface area (Å²) in [6.07, 6.45) is 0.970. The number of rotatable bonds is 6. The van der Waals surface area contributed by atoms with Crippen LogP contribution in [0, 0.1) is 0 Å². The van der Waals surface area contributed by atoms with E-state index in [0.29, 0.717) is 23.6 Å². The minimum absolute atomic E-state index is 0.0674. The number of hydrogen-bond acceptors (Lipinski definition) is 5. The van der Waals surface area contributed by atoms with E-state index < -0.39 is 17.4 Å². The van der Waals surface area contributed by atoms with Gasteiger partial charge in [-0.05, 0) is 37.6 Å². The van der Waals surface area contributed by atoms with E-state index in [-0.39, 0.29) is 5.76 Å². The van der Waals surface area contributed by atoms with E-state index in [4.69, 9.17) is 4.42 Å². The van der Waals surface area contributed by atoms with Crippen LogP contribution in [0.4, 0.5) is 0 Å². The van der Waals surface area contributed by atoms with Crippen LogP contribution in [0.2, 0.25) is 0 Å². The molecule has 130 valence electrons. The molecule has 0 saturated carbocycles. The van der Waals surface area contributed by atoms with Crippen LogP contribution in [-0.2, 0) is 4.79 Å². The lowest BCUT2D eigenvalue weighted by Crippen LogP contribution is -2.52. The molecule has 0 radical (unpaired) electrons. The Balaban J connectivity index is 1.83. The van der Waals surface area contributed by atoms with Crippen LogP contribution in [0.25, 0.3) is 21.0 Å². The largest absolute Gasteiger partial charge is 0.480 e. The normalized spacial score (nSPS) is 13.5. The van der Waals surface area contributed by atoms with Crippen LogP contribution in [0.1, 0.15) is 37.2 Å². The number of aromatic nitrogens is 1. The number of carbonyl (C=O) groups excluding carboxylic acids is 1. The molecule has 0 aliphatic rings. The van der Waals surface area contributed by atoms with Crippen LogP contribution < -0.4 is 5.32 Å². The summed E-state index contributed by atoms with van der Waals surface area (Å²) in [6, 6.07) is 10.9. The van der Waals surface area contributed by atoms with Crippen molar-refractivity contribution >= 4 is 33.4 Å². The van der Waals surface area contributed by atoms with Gasteiger partial charge in [-0.15, -0.1) is 11.3 Å². The number of aliphatic carboxylic acids is 1. The van der Waals surface area contributed by atoms with Crippen molar-refractivity contribution in [3.8, 4) is 10.8 Å². The van der Waals surface area contributed by atoms with E-state index in [1.807, 2.05) is 31.2 Å². The van der Waals surface area contributed by atoms with Gasteiger partial charge in [-0.2, -0.15) is 0 Å². The molecule has 1 atom stereocenters. The molecular formula is C18H18N2O4S. The van der Waals surface area contributed by atoms with Gasteiger partial charge in [0.05, 0.1) is 10.2 Å². The molecule has 0 bridgehead atoms. The zero-order valence-electron chi connectivity index (χ0n) is 13.9. The fourth-order valence-electron chi connectivity index (χ4n) is 2.59. The lowest BCUT2D eigenvalue weighted by molar-refractivity contribution is -0.144. The molecule has 6 nitrogen and oxygen atoms in total. The molecule has 0 spiro atoms. The van der Waals surface area contributed by atoms with Crippen LogP contribution in [0.3, 0.4) is 0 Å². The molecule has 0 fully saturated rings. The average molecular weight is 358 g/mol. The van der Waals surface area contributed by atoms with Gasteiger partial charge >= 0.3 is 5.97 Å². The number of para-hydroxylation sites is 1. The number of carbonyl (C=O) groups is 2. The Morgan fingerprint density at radius 3 is 2.72 bits per heavy atom. The number of hydrogen-bond donors (Lipinski definition) is 2. The third-order valence-electron chi connectivity index (χ3n) is 3.95. The number of furan rings is 1. The first-order valence-corrected chi connectivity index (χ1v) is 8.76. The molecule has 3 aromatic rings. The predicted octanol–water partition coefficient (Wildman–Crippen LogP) is 3.93. The van der Waals surface area contributed by atoms with E-state index in [9.17, 15) is 14.7 Å². The van der Waals surface area contributed by atoms with Crippen LogP contribution in [0.15, 0.2) is 40.8 Å². The highest BCUT2D eigenvalue weighted by atomic mass is 32.1. The van der Waals surface area contributed by atoms with Crippen LogP contribution in [0.5, 0.6) is 0 Å². The van der Waals surface area contributed by atoms with Gasteiger partial charge in [-0.1, -0.05) is 25.5 Å². The van der Waals surface area contributed by atoms with Crippen LogP contribution in [-0.4, -0.2) is 27.5 Å². The molecular weight excluding hydrogens is 340 g/mol. The Labute approximate surface area is 148 Å². The fraction of sp³-hybridized carbons (Fsp3) is 0.278. The predicted molar refractivity (Wildman–Crippen MR) is 95.7 cm³/mol. The van der Waals surface area contributed by atoms with E-state index in [2.05, 4.69) is 10.3 Å². The smallest absolute Gasteiger partial charge is 0.329 e. The standard InChI is InChI=1S/C18H18N2O4S/c1-3-10-18(2,17(22)23)20-15(21)12-8-9-13(24-12)16-19-11-6-4-5-7-14(11)25-16/h4-9H,3,10H2,1-2H3,(H,20,21)(H,22,23). The van der Waals surface area contributed by atoms with Crippen molar-refractivity contribution in [3.63, 3.8) is 0 Å². The van der Waals surface area contributed by atoms with Crippen molar-refractivity contribution in [2.75, 3.05) is 0 Å². The van der Waals surface area contributed by atoms with Gasteiger partial charge in [0.1, 0.15) is 5.54 Å². The molecule has 2 heterocycles. The van der Waals surface area contributed by atoms with Crippen molar-refractivity contribution in [2.45, 2.75) is 32.2 Å². The molecule has 2 N–H and O–H groups in total. The van der Waals surface area contributed by atoms with Crippen molar-refractivity contribution in [1.29, 1.82) is 0 Å². The average Bonchev–Trinajstić information content (AvgIpc) is 3.21. The third kappa shape index (κ3) is 3.41.